The van der Waals surface area contributed by atoms with Gasteiger partial charge >= 0.3 is 0 Å². The van der Waals surface area contributed by atoms with Crippen molar-refractivity contribution >= 4 is 11.9 Å². The summed E-state index contributed by atoms with van der Waals surface area (Å²) < 4.78 is 14.0. The van der Waals surface area contributed by atoms with E-state index in [1.807, 2.05) is 25.3 Å². The van der Waals surface area contributed by atoms with Crippen LogP contribution in [0.2, 0.25) is 0 Å². The van der Waals surface area contributed by atoms with Crippen molar-refractivity contribution in [3.8, 4) is 24.0 Å². The second-order valence-electron chi connectivity index (χ2n) is 7.95. The molecule has 0 saturated heterocycles. The Morgan fingerprint density at radius 3 is 2.32 bits per heavy atom. The Morgan fingerprint density at radius 1 is 1.23 bits per heavy atom. The molecule has 0 aliphatic carbocycles. The van der Waals surface area contributed by atoms with Crippen LogP contribution in [0.5, 0.6) is 0 Å². The van der Waals surface area contributed by atoms with Crippen LogP contribution in [-0.4, -0.2) is 11.9 Å². The first-order valence-electron chi connectivity index (χ1n) is 10.5. The van der Waals surface area contributed by atoms with Crippen LogP contribution >= 0.6 is 0 Å². The second-order valence-corrected chi connectivity index (χ2v) is 7.95. The number of allylic oxidation sites excluding steroid dienone is 1. The van der Waals surface area contributed by atoms with Gasteiger partial charge in [-0.15, -0.1) is 12.8 Å². The summed E-state index contributed by atoms with van der Waals surface area (Å²) >= 11 is 0. The molecule has 3 heteroatoms. The third-order valence-electron chi connectivity index (χ3n) is 5.00. The van der Waals surface area contributed by atoms with Crippen molar-refractivity contribution in [1.82, 2.24) is 5.32 Å². The molecule has 31 heavy (non-hydrogen) atoms. The van der Waals surface area contributed by atoms with E-state index in [1.165, 1.54) is 11.1 Å². The number of nitrogens with one attached hydrogen (secondary N) is 1. The summed E-state index contributed by atoms with van der Waals surface area (Å²) in [6.45, 7) is 17.8. The van der Waals surface area contributed by atoms with Crippen molar-refractivity contribution in [2.45, 2.75) is 59.7 Å². The van der Waals surface area contributed by atoms with Crippen molar-refractivity contribution in [3.63, 3.8) is 0 Å². The summed E-state index contributed by atoms with van der Waals surface area (Å²) in [7, 11) is 0. The smallest absolute Gasteiger partial charge is 0.109 e. The summed E-state index contributed by atoms with van der Waals surface area (Å²) in [5.41, 5.74) is 7.47. The van der Waals surface area contributed by atoms with Crippen molar-refractivity contribution in [3.05, 3.63) is 77.5 Å². The molecule has 0 spiro atoms. The molecule has 0 aromatic heterocycles. The van der Waals surface area contributed by atoms with Gasteiger partial charge in [0.15, 0.2) is 0 Å². The maximum Gasteiger partial charge on any atom is 0.109 e. The zero-order valence-corrected chi connectivity index (χ0v) is 19.6. The van der Waals surface area contributed by atoms with Gasteiger partial charge in [0.05, 0.1) is 5.69 Å². The highest BCUT2D eigenvalue weighted by Gasteiger charge is 2.17. The molecule has 0 atom stereocenters. The van der Waals surface area contributed by atoms with Crippen molar-refractivity contribution < 1.29 is 4.39 Å². The van der Waals surface area contributed by atoms with Crippen LogP contribution in [0, 0.1) is 19.8 Å². The highest BCUT2D eigenvalue weighted by Crippen LogP contribution is 2.36. The number of terminal acetylenes is 1. The standard InChI is InChI=1S/C26H33FN2.C2H2/c1-8-18(4)29-17-22-15-24(19(5)25(28-10-3)23(22)9-2)21-13-11-20(12-14-21)16-26(6,7)27;1-2/h8,10-15,29H,1,4,9,16-17H2,2-3,5-7H3;1-2H. The van der Waals surface area contributed by atoms with E-state index in [0.717, 1.165) is 40.1 Å². The Hall–Kier alpha value is -3.12. The molecule has 0 amide bonds. The van der Waals surface area contributed by atoms with Crippen LogP contribution in [0.25, 0.3) is 11.1 Å². The van der Waals surface area contributed by atoms with Crippen LogP contribution in [0.1, 0.15) is 49.9 Å². The molecule has 0 bridgehead atoms. The Bertz CT molecular complexity index is 942. The van der Waals surface area contributed by atoms with Crippen LogP contribution in [0.4, 0.5) is 10.1 Å². The predicted molar refractivity (Wildman–Crippen MR) is 135 cm³/mol. The third kappa shape index (κ3) is 7.26. The Kier molecular flexibility index (Phi) is 9.96. The van der Waals surface area contributed by atoms with Crippen molar-refractivity contribution in [2.75, 3.05) is 0 Å². The zero-order chi connectivity index (χ0) is 23.6. The minimum Gasteiger partial charge on any atom is -0.381 e. The molecule has 2 nitrogen and oxygen atoms in total. The Balaban J connectivity index is 0.00000233. The van der Waals surface area contributed by atoms with Gasteiger partial charge in [0.2, 0.25) is 0 Å². The lowest BCUT2D eigenvalue weighted by Crippen LogP contribution is -2.15. The lowest BCUT2D eigenvalue weighted by molar-refractivity contribution is 0.217. The zero-order valence-electron chi connectivity index (χ0n) is 19.6. The summed E-state index contributed by atoms with van der Waals surface area (Å²) in [6.07, 6.45) is 12.9. The molecule has 0 saturated carbocycles. The van der Waals surface area contributed by atoms with E-state index in [2.05, 4.69) is 63.4 Å². The molecule has 2 aromatic carbocycles. The summed E-state index contributed by atoms with van der Waals surface area (Å²) in [6, 6.07) is 10.4. The largest absolute Gasteiger partial charge is 0.381 e. The average Bonchev–Trinajstić information content (AvgIpc) is 2.74. The first kappa shape index (κ1) is 25.9. The fraction of sp³-hybridized carbons (Fsp3) is 0.321. The van der Waals surface area contributed by atoms with Gasteiger partial charge in [-0.1, -0.05) is 44.3 Å². The Labute approximate surface area is 188 Å². The third-order valence-corrected chi connectivity index (χ3v) is 5.00. The van der Waals surface area contributed by atoms with E-state index in [4.69, 9.17) is 4.99 Å². The van der Waals surface area contributed by atoms with Crippen LogP contribution < -0.4 is 5.32 Å². The second kappa shape index (κ2) is 11.9. The number of rotatable bonds is 9. The van der Waals surface area contributed by atoms with E-state index >= 15 is 0 Å². The predicted octanol–water partition coefficient (Wildman–Crippen LogP) is 7.28. The van der Waals surface area contributed by atoms with Crippen LogP contribution in [0.15, 0.2) is 60.3 Å². The monoisotopic (exact) mass is 418 g/mol. The van der Waals surface area contributed by atoms with Crippen molar-refractivity contribution in [1.29, 1.82) is 0 Å². The molecular weight excluding hydrogens is 383 g/mol. The molecule has 0 radical (unpaired) electrons. The summed E-state index contributed by atoms with van der Waals surface area (Å²) in [5, 5.41) is 3.32. The minimum atomic E-state index is -1.21. The number of alkyl halides is 1. The van der Waals surface area contributed by atoms with E-state index < -0.39 is 5.67 Å². The number of nitrogens with zero attached hydrogens (tertiary/aromatic N) is 1. The number of halogens is 1. The van der Waals surface area contributed by atoms with Gasteiger partial charge in [-0.25, -0.2) is 4.39 Å². The molecule has 0 heterocycles. The van der Waals surface area contributed by atoms with Crippen LogP contribution in [0.3, 0.4) is 0 Å². The molecule has 2 aromatic rings. The van der Waals surface area contributed by atoms with Gasteiger partial charge in [0.25, 0.3) is 0 Å². The number of hydrogen-bond donors (Lipinski definition) is 1. The number of benzene rings is 2. The van der Waals surface area contributed by atoms with Gasteiger partial charge in [-0.2, -0.15) is 0 Å². The summed E-state index contributed by atoms with van der Waals surface area (Å²) in [4.78, 5) is 4.69. The highest BCUT2D eigenvalue weighted by molar-refractivity contribution is 5.78. The first-order chi connectivity index (χ1) is 14.7. The lowest BCUT2D eigenvalue weighted by Gasteiger charge is -2.19. The number of aliphatic imine (C=N–C) groups is 1. The Morgan fingerprint density at radius 2 is 1.84 bits per heavy atom. The SMILES string of the molecule is C#C.C=CC(=C)NCc1cc(-c2ccc(CC(C)(C)F)cc2)c(C)c(N=CC)c1CC. The fourth-order valence-electron chi connectivity index (χ4n) is 3.60. The van der Waals surface area contributed by atoms with Gasteiger partial charge in [0, 0.05) is 24.9 Å². The first-order valence-corrected chi connectivity index (χ1v) is 10.5. The maximum atomic E-state index is 14.0. The average molecular weight is 419 g/mol. The molecular formula is C28H35FN2. The highest BCUT2D eigenvalue weighted by atomic mass is 19.1. The van der Waals surface area contributed by atoms with E-state index in [1.54, 1.807) is 19.9 Å². The van der Waals surface area contributed by atoms with E-state index in [-0.39, 0.29) is 0 Å². The lowest BCUT2D eigenvalue weighted by atomic mass is 9.90. The topological polar surface area (TPSA) is 24.4 Å². The van der Waals surface area contributed by atoms with E-state index in [0.29, 0.717) is 13.0 Å². The number of hydrogen-bond acceptors (Lipinski definition) is 2. The van der Waals surface area contributed by atoms with Gasteiger partial charge in [0.1, 0.15) is 5.67 Å². The minimum absolute atomic E-state index is 0.408. The van der Waals surface area contributed by atoms with Gasteiger partial charge in [-0.05, 0) is 79.6 Å². The molecule has 2 rings (SSSR count). The molecule has 0 aliphatic rings. The molecule has 0 unspecified atom stereocenters. The van der Waals surface area contributed by atoms with E-state index in [9.17, 15) is 4.39 Å². The normalized spacial score (nSPS) is 11.0. The maximum absolute atomic E-state index is 14.0. The fourth-order valence-corrected chi connectivity index (χ4v) is 3.60. The summed E-state index contributed by atoms with van der Waals surface area (Å²) in [5.74, 6) is 0. The molecule has 0 aliphatic heterocycles. The molecule has 164 valence electrons. The van der Waals surface area contributed by atoms with Crippen LogP contribution in [-0.2, 0) is 19.4 Å². The van der Waals surface area contributed by atoms with Gasteiger partial charge < -0.3 is 5.32 Å². The quantitative estimate of drug-likeness (QED) is 0.258. The van der Waals surface area contributed by atoms with Crippen molar-refractivity contribution in [2.24, 2.45) is 4.99 Å². The molecule has 0 fully saturated rings. The molecule has 1 N–H and O–H groups in total. The van der Waals surface area contributed by atoms with Gasteiger partial charge in [-0.3, -0.25) is 4.99 Å².